The van der Waals surface area contributed by atoms with Crippen molar-refractivity contribution in [1.82, 2.24) is 9.88 Å². The topological polar surface area (TPSA) is 81.9 Å². The molecule has 1 aliphatic heterocycles. The predicted octanol–water partition coefficient (Wildman–Crippen LogP) is 5.94. The molecule has 2 aromatic heterocycles. The van der Waals surface area contributed by atoms with E-state index in [1.807, 2.05) is 37.3 Å². The Labute approximate surface area is 219 Å². The molecule has 1 aliphatic rings. The lowest BCUT2D eigenvalue weighted by atomic mass is 9.97. The molecular weight excluding hydrogens is 492 g/mol. The number of hydrogen-bond donors (Lipinski definition) is 0. The van der Waals surface area contributed by atoms with Crippen LogP contribution >= 0.6 is 11.6 Å². The van der Waals surface area contributed by atoms with E-state index in [2.05, 4.69) is 18.8 Å². The van der Waals surface area contributed by atoms with Crippen LogP contribution in [-0.4, -0.2) is 29.5 Å². The van der Waals surface area contributed by atoms with E-state index < -0.39 is 6.04 Å². The van der Waals surface area contributed by atoms with Gasteiger partial charge in [0.25, 0.3) is 5.91 Å². The Bertz CT molecular complexity index is 1550. The second-order valence-corrected chi connectivity index (χ2v) is 9.99. The van der Waals surface area contributed by atoms with Crippen molar-refractivity contribution in [2.75, 3.05) is 13.7 Å². The minimum absolute atomic E-state index is 0.0345. The molecule has 0 spiro atoms. The minimum Gasteiger partial charge on any atom is -0.493 e. The van der Waals surface area contributed by atoms with Gasteiger partial charge < -0.3 is 18.8 Å². The first-order valence-electron chi connectivity index (χ1n) is 12.1. The number of hydrogen-bond acceptors (Lipinski definition) is 6. The number of carbonyl (C=O) groups is 1. The monoisotopic (exact) mass is 518 g/mol. The number of ether oxygens (including phenoxy) is 2. The van der Waals surface area contributed by atoms with E-state index in [9.17, 15) is 9.59 Å². The van der Waals surface area contributed by atoms with Gasteiger partial charge in [0.05, 0.1) is 30.7 Å². The van der Waals surface area contributed by atoms with Crippen LogP contribution < -0.4 is 14.9 Å². The van der Waals surface area contributed by atoms with E-state index in [1.54, 1.807) is 36.5 Å². The number of pyridine rings is 1. The first kappa shape index (κ1) is 24.8. The number of amides is 1. The second-order valence-electron chi connectivity index (χ2n) is 9.58. The zero-order chi connectivity index (χ0) is 26.3. The van der Waals surface area contributed by atoms with Gasteiger partial charge in [0.1, 0.15) is 5.58 Å². The van der Waals surface area contributed by atoms with Crippen LogP contribution in [0.4, 0.5) is 0 Å². The van der Waals surface area contributed by atoms with Crippen LogP contribution in [0, 0.1) is 12.8 Å². The fourth-order valence-corrected chi connectivity index (χ4v) is 4.73. The number of aryl methyl sites for hydroxylation is 1. The van der Waals surface area contributed by atoms with Gasteiger partial charge in [-0.05, 0) is 59.9 Å². The molecule has 0 saturated heterocycles. The summed E-state index contributed by atoms with van der Waals surface area (Å²) in [7, 11) is 1.56. The summed E-state index contributed by atoms with van der Waals surface area (Å²) in [6, 6.07) is 11.8. The summed E-state index contributed by atoms with van der Waals surface area (Å²) in [4.78, 5) is 33.4. The van der Waals surface area contributed by atoms with E-state index in [4.69, 9.17) is 25.5 Å². The highest BCUT2D eigenvalue weighted by Crippen LogP contribution is 2.42. The van der Waals surface area contributed by atoms with Gasteiger partial charge in [-0.15, -0.1) is 0 Å². The highest BCUT2D eigenvalue weighted by Gasteiger charge is 2.43. The van der Waals surface area contributed by atoms with Gasteiger partial charge >= 0.3 is 0 Å². The summed E-state index contributed by atoms with van der Waals surface area (Å²) in [5.74, 6) is 1.12. The molecule has 1 amide bonds. The van der Waals surface area contributed by atoms with Crippen molar-refractivity contribution in [3.8, 4) is 11.5 Å². The van der Waals surface area contributed by atoms with E-state index in [0.717, 1.165) is 11.1 Å². The normalized spacial score (nSPS) is 14.9. The molecule has 8 heteroatoms. The van der Waals surface area contributed by atoms with Gasteiger partial charge in [0.2, 0.25) is 5.76 Å². The zero-order valence-electron chi connectivity index (χ0n) is 21.1. The average Bonchev–Trinajstić information content (AvgIpc) is 3.16. The van der Waals surface area contributed by atoms with Crippen molar-refractivity contribution in [3.05, 3.63) is 98.1 Å². The maximum atomic E-state index is 13.8. The van der Waals surface area contributed by atoms with Crippen LogP contribution in [0.25, 0.3) is 11.0 Å². The van der Waals surface area contributed by atoms with Gasteiger partial charge in [-0.2, -0.15) is 0 Å². The molecule has 37 heavy (non-hydrogen) atoms. The Hall–Kier alpha value is -3.84. The maximum Gasteiger partial charge on any atom is 0.291 e. The third-order valence-electron chi connectivity index (χ3n) is 6.40. The van der Waals surface area contributed by atoms with Gasteiger partial charge in [0, 0.05) is 24.0 Å². The van der Waals surface area contributed by atoms with Crippen molar-refractivity contribution in [2.24, 2.45) is 5.92 Å². The number of halogens is 1. The van der Waals surface area contributed by atoms with Crippen LogP contribution in [0.5, 0.6) is 11.5 Å². The summed E-state index contributed by atoms with van der Waals surface area (Å²) >= 11 is 6.34. The van der Waals surface area contributed by atoms with Gasteiger partial charge in [-0.3, -0.25) is 14.6 Å². The number of rotatable bonds is 7. The third-order valence-corrected chi connectivity index (χ3v) is 6.81. The molecule has 0 saturated carbocycles. The summed E-state index contributed by atoms with van der Waals surface area (Å²) in [6.07, 6.45) is 3.37. The molecule has 0 radical (unpaired) electrons. The zero-order valence-corrected chi connectivity index (χ0v) is 21.8. The molecule has 0 N–H and O–H groups in total. The van der Waals surface area contributed by atoms with Crippen molar-refractivity contribution in [3.63, 3.8) is 0 Å². The molecule has 0 unspecified atom stereocenters. The van der Waals surface area contributed by atoms with Crippen LogP contribution in [0.1, 0.15) is 52.7 Å². The lowest BCUT2D eigenvalue weighted by Gasteiger charge is -2.26. The predicted molar refractivity (Wildman–Crippen MR) is 142 cm³/mol. The molecule has 4 aromatic rings. The van der Waals surface area contributed by atoms with Gasteiger partial charge in [-0.25, -0.2) is 0 Å². The Morgan fingerprint density at radius 2 is 1.95 bits per heavy atom. The number of carbonyl (C=O) groups excluding carboxylic acids is 1. The molecule has 0 aliphatic carbocycles. The molecule has 190 valence electrons. The van der Waals surface area contributed by atoms with Crippen LogP contribution in [-0.2, 0) is 6.54 Å². The number of methoxy groups -OCH3 is 1. The lowest BCUT2D eigenvalue weighted by molar-refractivity contribution is 0.0714. The largest absolute Gasteiger partial charge is 0.493 e. The van der Waals surface area contributed by atoms with E-state index in [-0.39, 0.29) is 29.2 Å². The third kappa shape index (κ3) is 4.55. The number of benzene rings is 2. The quantitative estimate of drug-likeness (QED) is 0.301. The van der Waals surface area contributed by atoms with Gasteiger partial charge in [-0.1, -0.05) is 37.6 Å². The molecule has 5 rings (SSSR count). The highest BCUT2D eigenvalue weighted by molar-refractivity contribution is 6.32. The van der Waals surface area contributed by atoms with Crippen molar-refractivity contribution < 1.29 is 18.7 Å². The summed E-state index contributed by atoms with van der Waals surface area (Å²) in [5.41, 5.74) is 2.61. The molecule has 1 atom stereocenters. The summed E-state index contributed by atoms with van der Waals surface area (Å²) in [5, 5.41) is 0.792. The first-order valence-corrected chi connectivity index (χ1v) is 12.4. The number of aromatic nitrogens is 1. The molecule has 0 fully saturated rings. The molecule has 3 heterocycles. The van der Waals surface area contributed by atoms with Crippen molar-refractivity contribution >= 4 is 28.5 Å². The van der Waals surface area contributed by atoms with E-state index >= 15 is 0 Å². The second kappa shape index (κ2) is 9.90. The Morgan fingerprint density at radius 1 is 1.14 bits per heavy atom. The average molecular weight is 519 g/mol. The number of fused-ring (bicyclic) bond motifs is 2. The number of nitrogens with zero attached hydrogens (tertiary/aromatic N) is 2. The summed E-state index contributed by atoms with van der Waals surface area (Å²) in [6.45, 7) is 6.73. The summed E-state index contributed by atoms with van der Waals surface area (Å²) < 4.78 is 17.6. The standard InChI is InChI=1S/C29H27ClN2O5/c1-16(2)15-36-22-8-7-19(11-24(22)35-4)26-25-27(33)20-12-21(30)17(3)10-23(20)37-28(25)29(34)32(26)14-18-6-5-9-31-13-18/h5-13,16,26H,14-15H2,1-4H3/t26-/m0/s1. The van der Waals surface area contributed by atoms with Gasteiger partial charge in [0.15, 0.2) is 16.9 Å². The van der Waals surface area contributed by atoms with Crippen LogP contribution in [0.15, 0.2) is 64.1 Å². The maximum absolute atomic E-state index is 13.8. The Balaban J connectivity index is 1.69. The van der Waals surface area contributed by atoms with E-state index in [1.165, 1.54) is 0 Å². The fraction of sp³-hybridized carbons (Fsp3) is 0.276. The highest BCUT2D eigenvalue weighted by atomic mass is 35.5. The van der Waals surface area contributed by atoms with Crippen molar-refractivity contribution in [1.29, 1.82) is 0 Å². The molecular formula is C29H27ClN2O5. The van der Waals surface area contributed by atoms with Crippen molar-refractivity contribution in [2.45, 2.75) is 33.4 Å². The van der Waals surface area contributed by atoms with E-state index in [0.29, 0.717) is 45.6 Å². The smallest absolute Gasteiger partial charge is 0.291 e. The molecule has 7 nitrogen and oxygen atoms in total. The fourth-order valence-electron chi connectivity index (χ4n) is 4.57. The van der Waals surface area contributed by atoms with Crippen LogP contribution in [0.3, 0.4) is 0 Å². The first-order chi connectivity index (χ1) is 17.8. The molecule has 0 bridgehead atoms. The lowest BCUT2D eigenvalue weighted by Crippen LogP contribution is -2.29. The Morgan fingerprint density at radius 3 is 2.65 bits per heavy atom. The molecule has 2 aromatic carbocycles. The minimum atomic E-state index is -0.698. The van der Waals surface area contributed by atoms with Crippen LogP contribution in [0.2, 0.25) is 5.02 Å². The Kier molecular flexibility index (Phi) is 6.65. The SMILES string of the molecule is COc1cc([C@H]2c3c(oc4cc(C)c(Cl)cc4c3=O)C(=O)N2Cc2cccnc2)ccc1OCC(C)C.